The SMILES string of the molecule is CN1CCCN(C)C(C(=O)Cc2cccc(Cl)c2F)C1. The van der Waals surface area contributed by atoms with Gasteiger partial charge in [0.25, 0.3) is 0 Å². The van der Waals surface area contributed by atoms with Gasteiger partial charge in [0.05, 0.1) is 11.1 Å². The lowest BCUT2D eigenvalue weighted by Crippen LogP contribution is -2.44. The molecule has 1 aromatic rings. The van der Waals surface area contributed by atoms with Crippen LogP contribution in [0.4, 0.5) is 4.39 Å². The van der Waals surface area contributed by atoms with Crippen LogP contribution in [-0.2, 0) is 11.2 Å². The molecule has 0 bridgehead atoms. The Labute approximate surface area is 124 Å². The Morgan fingerprint density at radius 3 is 2.90 bits per heavy atom. The molecular weight excluding hydrogens is 279 g/mol. The second-order valence-electron chi connectivity index (χ2n) is 5.47. The van der Waals surface area contributed by atoms with Crippen molar-refractivity contribution in [2.75, 3.05) is 33.7 Å². The van der Waals surface area contributed by atoms with E-state index < -0.39 is 5.82 Å². The van der Waals surface area contributed by atoms with Gasteiger partial charge in [-0.1, -0.05) is 23.7 Å². The van der Waals surface area contributed by atoms with E-state index in [1.54, 1.807) is 12.1 Å². The summed E-state index contributed by atoms with van der Waals surface area (Å²) in [5.41, 5.74) is 0.378. The summed E-state index contributed by atoms with van der Waals surface area (Å²) < 4.78 is 13.9. The van der Waals surface area contributed by atoms with Gasteiger partial charge in [-0.15, -0.1) is 0 Å². The lowest BCUT2D eigenvalue weighted by atomic mass is 10.0. The van der Waals surface area contributed by atoms with Crippen molar-refractivity contribution in [3.05, 3.63) is 34.6 Å². The predicted octanol–water partition coefficient (Wildman–Crippen LogP) is 2.23. The van der Waals surface area contributed by atoms with Crippen LogP contribution in [0.1, 0.15) is 12.0 Å². The molecule has 110 valence electrons. The number of rotatable bonds is 3. The minimum Gasteiger partial charge on any atom is -0.304 e. The van der Waals surface area contributed by atoms with Gasteiger partial charge in [-0.25, -0.2) is 4.39 Å². The minimum absolute atomic E-state index is 0.0439. The average molecular weight is 299 g/mol. The zero-order valence-corrected chi connectivity index (χ0v) is 12.7. The summed E-state index contributed by atoms with van der Waals surface area (Å²) in [6.07, 6.45) is 1.14. The van der Waals surface area contributed by atoms with Crippen molar-refractivity contribution in [3.8, 4) is 0 Å². The Bertz CT molecular complexity index is 495. The number of likely N-dealkylation sites (N-methyl/N-ethyl adjacent to an activating group) is 2. The molecule has 0 amide bonds. The molecule has 1 fully saturated rings. The van der Waals surface area contributed by atoms with Gasteiger partial charge >= 0.3 is 0 Å². The molecule has 0 N–H and O–H groups in total. The third-order valence-corrected chi connectivity index (χ3v) is 4.13. The van der Waals surface area contributed by atoms with Crippen LogP contribution in [0.15, 0.2) is 18.2 Å². The number of Topliss-reactive ketones (excluding diaryl/α,β-unsaturated/α-hetero) is 1. The average Bonchev–Trinajstić information content (AvgIpc) is 2.57. The van der Waals surface area contributed by atoms with E-state index in [1.165, 1.54) is 6.07 Å². The standard InChI is InChI=1S/C15H20ClFN2O/c1-18-7-4-8-19(2)13(10-18)14(20)9-11-5-3-6-12(16)15(11)17/h3,5-6,13H,4,7-10H2,1-2H3. The molecule has 0 spiro atoms. The van der Waals surface area contributed by atoms with E-state index in [2.05, 4.69) is 9.80 Å². The lowest BCUT2D eigenvalue weighted by Gasteiger charge is -2.26. The Kier molecular flexibility index (Phi) is 5.13. The number of halogens is 2. The maximum Gasteiger partial charge on any atom is 0.155 e. The Hall–Kier alpha value is -0.970. The smallest absolute Gasteiger partial charge is 0.155 e. The fourth-order valence-electron chi connectivity index (χ4n) is 2.61. The van der Waals surface area contributed by atoms with Crippen LogP contribution >= 0.6 is 11.6 Å². The molecule has 1 aromatic carbocycles. The van der Waals surface area contributed by atoms with Crippen LogP contribution < -0.4 is 0 Å². The summed E-state index contributed by atoms with van der Waals surface area (Å²) >= 11 is 5.76. The molecular formula is C15H20ClFN2O. The van der Waals surface area contributed by atoms with Crippen molar-refractivity contribution in [2.45, 2.75) is 18.9 Å². The Morgan fingerprint density at radius 2 is 2.15 bits per heavy atom. The van der Waals surface area contributed by atoms with Gasteiger partial charge in [-0.2, -0.15) is 0 Å². The van der Waals surface area contributed by atoms with Crippen LogP contribution in [0.25, 0.3) is 0 Å². The monoisotopic (exact) mass is 298 g/mol. The van der Waals surface area contributed by atoms with Crippen molar-refractivity contribution in [1.29, 1.82) is 0 Å². The molecule has 1 atom stereocenters. The van der Waals surface area contributed by atoms with E-state index in [-0.39, 0.29) is 23.3 Å². The second-order valence-corrected chi connectivity index (χ2v) is 5.88. The number of carbonyl (C=O) groups is 1. The van der Waals surface area contributed by atoms with Gasteiger partial charge in [0.1, 0.15) is 5.82 Å². The third kappa shape index (κ3) is 3.57. The highest BCUT2D eigenvalue weighted by atomic mass is 35.5. The maximum absolute atomic E-state index is 13.9. The highest BCUT2D eigenvalue weighted by Gasteiger charge is 2.27. The number of carbonyl (C=O) groups excluding carboxylic acids is 1. The number of ketones is 1. The summed E-state index contributed by atoms with van der Waals surface area (Å²) in [5, 5.41) is 0.0710. The van der Waals surface area contributed by atoms with Gasteiger partial charge in [0, 0.05) is 13.0 Å². The van der Waals surface area contributed by atoms with E-state index in [1.807, 2.05) is 14.1 Å². The molecule has 5 heteroatoms. The normalized spacial score (nSPS) is 21.7. The van der Waals surface area contributed by atoms with Gasteiger partial charge in [-0.3, -0.25) is 9.69 Å². The van der Waals surface area contributed by atoms with Crippen molar-refractivity contribution in [1.82, 2.24) is 9.80 Å². The van der Waals surface area contributed by atoms with Gasteiger partial charge < -0.3 is 4.90 Å². The maximum atomic E-state index is 13.9. The molecule has 0 saturated carbocycles. The molecule has 2 rings (SSSR count). The molecule has 3 nitrogen and oxygen atoms in total. The molecule has 0 aromatic heterocycles. The fourth-order valence-corrected chi connectivity index (χ4v) is 2.80. The van der Waals surface area contributed by atoms with E-state index in [0.717, 1.165) is 19.5 Å². The molecule has 20 heavy (non-hydrogen) atoms. The highest BCUT2D eigenvalue weighted by Crippen LogP contribution is 2.19. The zero-order chi connectivity index (χ0) is 14.7. The van der Waals surface area contributed by atoms with E-state index >= 15 is 0 Å². The summed E-state index contributed by atoms with van der Waals surface area (Å²) in [6.45, 7) is 2.57. The number of benzene rings is 1. The van der Waals surface area contributed by atoms with Crippen LogP contribution in [0.3, 0.4) is 0 Å². The van der Waals surface area contributed by atoms with Crippen LogP contribution in [0.5, 0.6) is 0 Å². The molecule has 1 aliphatic heterocycles. The summed E-state index contributed by atoms with van der Waals surface area (Å²) in [4.78, 5) is 16.7. The molecule has 0 aliphatic carbocycles. The largest absolute Gasteiger partial charge is 0.304 e. The first-order chi connectivity index (χ1) is 9.49. The van der Waals surface area contributed by atoms with Crippen molar-refractivity contribution >= 4 is 17.4 Å². The predicted molar refractivity (Wildman–Crippen MR) is 78.7 cm³/mol. The van der Waals surface area contributed by atoms with Crippen molar-refractivity contribution < 1.29 is 9.18 Å². The van der Waals surface area contributed by atoms with Crippen LogP contribution in [0.2, 0.25) is 5.02 Å². The minimum atomic E-state index is -0.479. The van der Waals surface area contributed by atoms with Crippen LogP contribution in [0, 0.1) is 5.82 Å². The first kappa shape index (κ1) is 15.4. The highest BCUT2D eigenvalue weighted by molar-refractivity contribution is 6.30. The molecule has 1 saturated heterocycles. The van der Waals surface area contributed by atoms with E-state index in [0.29, 0.717) is 12.1 Å². The summed E-state index contributed by atoms with van der Waals surface area (Å²) in [6, 6.07) is 4.62. The van der Waals surface area contributed by atoms with E-state index in [4.69, 9.17) is 11.6 Å². The number of hydrogen-bond acceptors (Lipinski definition) is 3. The number of nitrogens with zero attached hydrogens (tertiary/aromatic N) is 2. The van der Waals surface area contributed by atoms with Crippen LogP contribution in [-0.4, -0.2) is 55.4 Å². The van der Waals surface area contributed by atoms with Gasteiger partial charge in [0.15, 0.2) is 5.78 Å². The Balaban J connectivity index is 2.12. The number of hydrogen-bond donors (Lipinski definition) is 0. The van der Waals surface area contributed by atoms with Gasteiger partial charge in [-0.05, 0) is 45.2 Å². The molecule has 1 heterocycles. The topological polar surface area (TPSA) is 23.6 Å². The molecule has 1 unspecified atom stereocenters. The zero-order valence-electron chi connectivity index (χ0n) is 11.9. The third-order valence-electron chi connectivity index (χ3n) is 3.84. The van der Waals surface area contributed by atoms with Crippen molar-refractivity contribution in [3.63, 3.8) is 0 Å². The quantitative estimate of drug-likeness (QED) is 0.855. The first-order valence-electron chi connectivity index (χ1n) is 6.83. The lowest BCUT2D eigenvalue weighted by molar-refractivity contribution is -0.123. The summed E-state index contributed by atoms with van der Waals surface area (Å²) in [7, 11) is 3.97. The molecule has 1 aliphatic rings. The summed E-state index contributed by atoms with van der Waals surface area (Å²) in [5.74, 6) is -0.436. The van der Waals surface area contributed by atoms with Gasteiger partial charge in [0.2, 0.25) is 0 Å². The fraction of sp³-hybridized carbons (Fsp3) is 0.533. The van der Waals surface area contributed by atoms with Crippen molar-refractivity contribution in [2.24, 2.45) is 0 Å². The van der Waals surface area contributed by atoms with E-state index in [9.17, 15) is 9.18 Å². The Morgan fingerprint density at radius 1 is 1.40 bits per heavy atom. The second kappa shape index (κ2) is 6.66. The molecule has 0 radical (unpaired) electrons. The first-order valence-corrected chi connectivity index (χ1v) is 7.21.